The highest BCUT2D eigenvalue weighted by molar-refractivity contribution is 14.1. The molecule has 222 valence electrons. The number of imidazole rings is 2. The second-order valence-corrected chi connectivity index (χ2v) is 10.1. The zero-order chi connectivity index (χ0) is 29.6. The number of rotatable bonds is 5. The fraction of sp³-hybridized carbons (Fsp3) is 0.500. The first-order valence-electron chi connectivity index (χ1n) is 12.0. The van der Waals surface area contributed by atoms with Crippen LogP contribution >= 0.6 is 22.6 Å². The fourth-order valence-corrected chi connectivity index (χ4v) is 5.32. The van der Waals surface area contributed by atoms with Crippen LogP contribution < -0.4 is 33.9 Å². The third kappa shape index (κ3) is 5.26. The van der Waals surface area contributed by atoms with Gasteiger partial charge in [-0.05, 0) is 0 Å². The maximum Gasteiger partial charge on any atom is 0.280 e. The Hall–Kier alpha value is -3.29. The minimum atomic E-state index is -1.22. The van der Waals surface area contributed by atoms with E-state index in [-0.39, 0.29) is 40.8 Å². The van der Waals surface area contributed by atoms with Gasteiger partial charge in [-0.15, -0.1) is 0 Å². The van der Waals surface area contributed by atoms with Gasteiger partial charge in [-0.3, -0.25) is 40.0 Å². The molecule has 0 unspecified atom stereocenters. The zero-order valence-electron chi connectivity index (χ0n) is 20.9. The van der Waals surface area contributed by atoms with Gasteiger partial charge in [-0.25, -0.2) is 9.97 Å². The molecule has 2 aliphatic rings. The summed E-state index contributed by atoms with van der Waals surface area (Å²) in [5.74, 6) is 5.06. The number of nitrogen functional groups attached to an aromatic ring is 2. The summed E-state index contributed by atoms with van der Waals surface area (Å²) < 4.78 is 14.4. The number of hydrogen-bond donors (Lipinski definition) is 10. The van der Waals surface area contributed by atoms with Gasteiger partial charge >= 0.3 is 0 Å². The number of fused-ring (bicyclic) bond motifs is 2. The molecule has 6 heterocycles. The largest absolute Gasteiger partial charge is 0.387 e. The van der Waals surface area contributed by atoms with Gasteiger partial charge in [0.2, 0.25) is 11.9 Å². The lowest BCUT2D eigenvalue weighted by Crippen LogP contribution is -2.40. The average molecular weight is 690 g/mol. The van der Waals surface area contributed by atoms with E-state index in [4.69, 9.17) is 26.8 Å². The number of halogens is 1. The van der Waals surface area contributed by atoms with Crippen molar-refractivity contribution in [3.05, 3.63) is 33.4 Å². The third-order valence-corrected chi connectivity index (χ3v) is 7.46. The molecule has 0 radical (unpaired) electrons. The van der Waals surface area contributed by atoms with Crippen LogP contribution in [-0.2, 0) is 9.47 Å². The Balaban J connectivity index is 0.000000165. The van der Waals surface area contributed by atoms with Crippen molar-refractivity contribution in [2.24, 2.45) is 5.84 Å². The maximum atomic E-state index is 11.7. The summed E-state index contributed by atoms with van der Waals surface area (Å²) in [6, 6.07) is 0. The van der Waals surface area contributed by atoms with Gasteiger partial charge in [0.05, 0.1) is 18.8 Å². The van der Waals surface area contributed by atoms with Crippen molar-refractivity contribution >= 4 is 56.8 Å². The molecule has 2 fully saturated rings. The number of nitrogens with two attached hydrogens (primary N) is 3. The summed E-state index contributed by atoms with van der Waals surface area (Å²) in [6.07, 6.45) is -4.86. The number of aliphatic hydroxyl groups excluding tert-OH is 4. The van der Waals surface area contributed by atoms with E-state index in [0.717, 1.165) is 0 Å². The molecule has 21 heteroatoms. The number of ether oxygens (including phenoxy) is 2. The Morgan fingerprint density at radius 3 is 1.68 bits per heavy atom. The van der Waals surface area contributed by atoms with E-state index in [1.54, 1.807) is 0 Å². The summed E-state index contributed by atoms with van der Waals surface area (Å²) in [5, 5.41) is 39.9. The van der Waals surface area contributed by atoms with Crippen LogP contribution in [0.5, 0.6) is 0 Å². The normalized spacial score (nSPS) is 29.7. The van der Waals surface area contributed by atoms with Crippen LogP contribution in [0.2, 0.25) is 0 Å². The molecule has 0 amide bonds. The summed E-state index contributed by atoms with van der Waals surface area (Å²) in [4.78, 5) is 43.9. The number of nitrogens with zero attached hydrogens (tertiary/aromatic N) is 6. The Kier molecular flexibility index (Phi) is 8.22. The first kappa shape index (κ1) is 29.2. The maximum absolute atomic E-state index is 11.7. The second-order valence-electron chi connectivity index (χ2n) is 9.21. The third-order valence-electron chi connectivity index (χ3n) is 6.60. The lowest BCUT2D eigenvalue weighted by atomic mass is 10.1. The van der Waals surface area contributed by atoms with Gasteiger partial charge in [0.15, 0.2) is 34.8 Å². The standard InChI is InChI=1S/C10H12IN5O4.C10H15N7O4/c11-1-3-5(17)6(18)9(20-3)16-2-13-4-7(16)14-10(12)15-8(4)19;11-10-15-7-4(8(20)16-10)13-2-17(7)9-6(19)5(18)3(21-9)1-14-12/h2-3,5-6,9,17-18H,1H2,(H3,12,14,15,19);2-3,5-6,9,14,18-19H,1,12H2,(H3,11,15,16,20)/t2*3-,5-,6-,9-/m11/s1. The van der Waals surface area contributed by atoms with Crippen LogP contribution in [0, 0.1) is 0 Å². The first-order chi connectivity index (χ1) is 19.5. The molecule has 4 aromatic rings. The van der Waals surface area contributed by atoms with Crippen LogP contribution in [0.4, 0.5) is 11.9 Å². The Morgan fingerprint density at radius 1 is 0.829 bits per heavy atom. The van der Waals surface area contributed by atoms with Gasteiger partial charge < -0.3 is 41.4 Å². The summed E-state index contributed by atoms with van der Waals surface area (Å²) in [7, 11) is 0. The van der Waals surface area contributed by atoms with Gasteiger partial charge in [0, 0.05) is 11.0 Å². The molecule has 0 aromatic carbocycles. The highest BCUT2D eigenvalue weighted by atomic mass is 127. The summed E-state index contributed by atoms with van der Waals surface area (Å²) in [5.41, 5.74) is 12.9. The molecule has 0 aliphatic carbocycles. The predicted octanol–water partition coefficient (Wildman–Crippen LogP) is -4.46. The zero-order valence-corrected chi connectivity index (χ0v) is 23.1. The van der Waals surface area contributed by atoms with Crippen LogP contribution in [0.25, 0.3) is 22.3 Å². The van der Waals surface area contributed by atoms with E-state index in [2.05, 4.69) is 57.9 Å². The highest BCUT2D eigenvalue weighted by Gasteiger charge is 2.45. The molecule has 0 bridgehead atoms. The van der Waals surface area contributed by atoms with Crippen molar-refractivity contribution in [2.45, 2.75) is 49.1 Å². The molecule has 2 aliphatic heterocycles. The molecule has 20 nitrogen and oxygen atoms in total. The Labute approximate surface area is 241 Å². The van der Waals surface area contributed by atoms with Crippen molar-refractivity contribution in [3.8, 4) is 0 Å². The molecule has 4 aromatic heterocycles. The smallest absolute Gasteiger partial charge is 0.280 e. The molecule has 2 saturated heterocycles. The summed E-state index contributed by atoms with van der Waals surface area (Å²) >= 11 is 2.06. The van der Waals surface area contributed by atoms with Crippen molar-refractivity contribution in [3.63, 3.8) is 0 Å². The van der Waals surface area contributed by atoms with Gasteiger partial charge in [-0.2, -0.15) is 9.97 Å². The molecule has 41 heavy (non-hydrogen) atoms. The molecule has 6 rings (SSSR count). The van der Waals surface area contributed by atoms with E-state index in [9.17, 15) is 30.0 Å². The minimum absolute atomic E-state index is 0.0530. The van der Waals surface area contributed by atoms with Gasteiger partial charge in [0.1, 0.15) is 30.5 Å². The number of aliphatic hydroxyl groups is 4. The van der Waals surface area contributed by atoms with Crippen LogP contribution in [-0.4, -0.2) is 107 Å². The number of hydrogen-bond acceptors (Lipinski definition) is 16. The topological polar surface area (TPSA) is 317 Å². The van der Waals surface area contributed by atoms with Gasteiger partial charge in [0.25, 0.3) is 11.1 Å². The number of anilines is 2. The van der Waals surface area contributed by atoms with Crippen LogP contribution in [0.15, 0.2) is 22.2 Å². The monoisotopic (exact) mass is 690 g/mol. The van der Waals surface area contributed by atoms with Crippen molar-refractivity contribution in [2.75, 3.05) is 22.4 Å². The van der Waals surface area contributed by atoms with E-state index in [1.165, 1.54) is 21.8 Å². The van der Waals surface area contributed by atoms with Crippen molar-refractivity contribution < 1.29 is 29.9 Å². The van der Waals surface area contributed by atoms with Gasteiger partial charge in [-0.1, -0.05) is 22.6 Å². The molecular formula is C20H27IN12O8. The Morgan fingerprint density at radius 2 is 1.27 bits per heavy atom. The van der Waals surface area contributed by atoms with E-state index < -0.39 is 60.2 Å². The molecular weight excluding hydrogens is 663 g/mol. The predicted molar refractivity (Wildman–Crippen MR) is 148 cm³/mol. The molecule has 13 N–H and O–H groups in total. The average Bonchev–Trinajstić information content (AvgIpc) is 3.67. The van der Waals surface area contributed by atoms with E-state index >= 15 is 0 Å². The number of H-pyrrole nitrogens is 2. The minimum Gasteiger partial charge on any atom is -0.387 e. The second kappa shape index (κ2) is 11.5. The van der Waals surface area contributed by atoms with Crippen molar-refractivity contribution in [1.82, 2.24) is 44.5 Å². The SMILES string of the molecule is NNC[C@H]1O[C@@H](n2cnc3c(=O)[nH]c(N)nc32)[C@H](O)[C@@H]1O.Nc1nc2c(ncn2[C@@H]2O[C@H](CI)[C@@H](O)[C@H]2O)c(=O)[nH]1. The lowest BCUT2D eigenvalue weighted by molar-refractivity contribution is -0.0341. The number of aromatic nitrogens is 8. The van der Waals surface area contributed by atoms with Crippen molar-refractivity contribution in [1.29, 1.82) is 0 Å². The molecule has 8 atom stereocenters. The quantitative estimate of drug-likeness (QED) is 0.0409. The highest BCUT2D eigenvalue weighted by Crippen LogP contribution is 2.32. The first-order valence-corrected chi connectivity index (χ1v) is 13.6. The fourth-order valence-electron chi connectivity index (χ4n) is 4.59. The molecule has 0 saturated carbocycles. The molecule has 0 spiro atoms. The summed E-state index contributed by atoms with van der Waals surface area (Å²) in [6.45, 7) is 0.150. The number of alkyl halides is 1. The van der Waals surface area contributed by atoms with Crippen LogP contribution in [0.3, 0.4) is 0 Å². The lowest BCUT2D eigenvalue weighted by Gasteiger charge is -2.16. The van der Waals surface area contributed by atoms with Crippen LogP contribution in [0.1, 0.15) is 12.5 Å². The number of nitrogens with one attached hydrogen (secondary N) is 3. The van der Waals surface area contributed by atoms with E-state index in [0.29, 0.717) is 4.43 Å². The number of aromatic amines is 2. The Bertz CT molecular complexity index is 1660. The number of hydrazine groups is 1. The van der Waals surface area contributed by atoms with E-state index in [1.807, 2.05) is 0 Å².